The highest BCUT2D eigenvalue weighted by molar-refractivity contribution is 6.32. The number of nitrogens with one attached hydrogen (secondary N) is 1. The summed E-state index contributed by atoms with van der Waals surface area (Å²) in [4.78, 5) is 15.4. The average molecular weight is 283 g/mol. The largest absolute Gasteiger partial charge is 0.352 e. The zero-order chi connectivity index (χ0) is 13.8. The summed E-state index contributed by atoms with van der Waals surface area (Å²) in [5, 5.41) is 6.67. The second-order valence-corrected chi connectivity index (χ2v) is 4.30. The number of nitrogens with zero attached hydrogens (tertiary/aromatic N) is 3. The van der Waals surface area contributed by atoms with Crippen molar-refractivity contribution >= 4 is 17.5 Å². The first kappa shape index (κ1) is 13.5. The Kier molecular flexibility index (Phi) is 4.11. The molecule has 1 N–H and O–H groups in total. The lowest BCUT2D eigenvalue weighted by atomic mass is 10.2. The van der Waals surface area contributed by atoms with E-state index in [1.165, 1.54) is 0 Å². The molecule has 0 atom stereocenters. The van der Waals surface area contributed by atoms with Crippen LogP contribution in [0.2, 0.25) is 5.15 Å². The second-order valence-electron chi connectivity index (χ2n) is 3.94. The highest BCUT2D eigenvalue weighted by Crippen LogP contribution is 2.13. The highest BCUT2D eigenvalue weighted by atomic mass is 35.5. The Bertz CT molecular complexity index is 599. The van der Waals surface area contributed by atoms with Gasteiger partial charge in [-0.2, -0.15) is 5.10 Å². The Morgan fingerprint density at radius 1 is 1.58 bits per heavy atom. The van der Waals surface area contributed by atoms with Crippen molar-refractivity contribution in [2.75, 3.05) is 6.54 Å². The summed E-state index contributed by atoms with van der Waals surface area (Å²) in [5.74, 6) is -1.04. The van der Waals surface area contributed by atoms with Crippen molar-refractivity contribution < 1.29 is 9.18 Å². The van der Waals surface area contributed by atoms with E-state index in [0.29, 0.717) is 13.0 Å². The fourth-order valence-electron chi connectivity index (χ4n) is 1.63. The lowest BCUT2D eigenvalue weighted by Crippen LogP contribution is -2.26. The van der Waals surface area contributed by atoms with Crippen LogP contribution >= 0.6 is 11.6 Å². The molecule has 0 radical (unpaired) electrons. The Balaban J connectivity index is 1.94. The van der Waals surface area contributed by atoms with Crippen LogP contribution in [0.5, 0.6) is 0 Å². The van der Waals surface area contributed by atoms with Crippen LogP contribution in [-0.4, -0.2) is 27.2 Å². The first-order valence-corrected chi connectivity index (χ1v) is 6.02. The molecule has 0 aliphatic carbocycles. The molecule has 2 aromatic rings. The third kappa shape index (κ3) is 3.29. The van der Waals surface area contributed by atoms with Gasteiger partial charge in [0, 0.05) is 31.9 Å². The third-order valence-electron chi connectivity index (χ3n) is 2.64. The maximum atomic E-state index is 13.0. The first-order valence-electron chi connectivity index (χ1n) is 5.64. The normalized spacial score (nSPS) is 10.5. The van der Waals surface area contributed by atoms with Crippen LogP contribution < -0.4 is 5.32 Å². The van der Waals surface area contributed by atoms with Gasteiger partial charge in [0.1, 0.15) is 11.0 Å². The van der Waals surface area contributed by atoms with Crippen LogP contribution in [0.15, 0.2) is 24.5 Å². The van der Waals surface area contributed by atoms with E-state index in [-0.39, 0.29) is 10.7 Å². The molecule has 1 amide bonds. The Labute approximate surface area is 114 Å². The van der Waals surface area contributed by atoms with E-state index >= 15 is 0 Å². The summed E-state index contributed by atoms with van der Waals surface area (Å²) < 4.78 is 14.7. The van der Waals surface area contributed by atoms with E-state index in [0.717, 1.165) is 18.0 Å². The number of aryl methyl sites for hydroxylation is 1. The van der Waals surface area contributed by atoms with Gasteiger partial charge >= 0.3 is 0 Å². The summed E-state index contributed by atoms with van der Waals surface area (Å²) in [6.45, 7) is 0.408. The molecule has 0 aromatic carbocycles. The van der Waals surface area contributed by atoms with E-state index in [4.69, 9.17) is 11.6 Å². The zero-order valence-corrected chi connectivity index (χ0v) is 11.0. The molecular weight excluding hydrogens is 271 g/mol. The minimum Gasteiger partial charge on any atom is -0.352 e. The van der Waals surface area contributed by atoms with Crippen molar-refractivity contribution in [2.45, 2.75) is 6.42 Å². The molecular formula is C12H12ClFN4O. The monoisotopic (exact) mass is 282 g/mol. The molecule has 19 heavy (non-hydrogen) atoms. The molecule has 7 heteroatoms. The number of aromatic nitrogens is 3. The standard InChI is InChI=1S/C12H12ClFN4O/c1-18-9(3-5-17-18)2-4-15-12(19)10-6-8(14)7-16-11(10)13/h3,5-7H,2,4H2,1H3,(H,15,19). The molecule has 2 aromatic heterocycles. The lowest BCUT2D eigenvalue weighted by molar-refractivity contribution is 0.0953. The van der Waals surface area contributed by atoms with Crippen LogP contribution in [0.3, 0.4) is 0 Å². The summed E-state index contributed by atoms with van der Waals surface area (Å²) in [6, 6.07) is 2.93. The van der Waals surface area contributed by atoms with Gasteiger partial charge in [0.25, 0.3) is 5.91 Å². The van der Waals surface area contributed by atoms with Crippen LogP contribution in [0.25, 0.3) is 0 Å². The quantitative estimate of drug-likeness (QED) is 0.866. The van der Waals surface area contributed by atoms with E-state index < -0.39 is 11.7 Å². The molecule has 0 aliphatic heterocycles. The van der Waals surface area contributed by atoms with Gasteiger partial charge in [-0.25, -0.2) is 9.37 Å². The molecule has 2 heterocycles. The van der Waals surface area contributed by atoms with Gasteiger partial charge in [0.2, 0.25) is 0 Å². The van der Waals surface area contributed by atoms with Gasteiger partial charge in [-0.1, -0.05) is 11.6 Å². The van der Waals surface area contributed by atoms with Crippen molar-refractivity contribution in [1.82, 2.24) is 20.1 Å². The second kappa shape index (κ2) is 5.79. The Hall–Kier alpha value is -1.95. The van der Waals surface area contributed by atoms with Gasteiger partial charge < -0.3 is 5.32 Å². The highest BCUT2D eigenvalue weighted by Gasteiger charge is 2.12. The molecule has 0 aliphatic rings. The van der Waals surface area contributed by atoms with E-state index in [2.05, 4.69) is 15.4 Å². The van der Waals surface area contributed by atoms with E-state index in [1.54, 1.807) is 10.9 Å². The minimum absolute atomic E-state index is 0.0144. The van der Waals surface area contributed by atoms with E-state index in [9.17, 15) is 9.18 Å². The molecule has 5 nitrogen and oxygen atoms in total. The van der Waals surface area contributed by atoms with E-state index in [1.807, 2.05) is 13.1 Å². The van der Waals surface area contributed by atoms with Crippen molar-refractivity contribution in [1.29, 1.82) is 0 Å². The maximum Gasteiger partial charge on any atom is 0.254 e. The predicted octanol–water partition coefficient (Wildman–Crippen LogP) is 1.58. The van der Waals surface area contributed by atoms with Crippen LogP contribution in [0.1, 0.15) is 16.1 Å². The Morgan fingerprint density at radius 2 is 2.37 bits per heavy atom. The number of amides is 1. The smallest absolute Gasteiger partial charge is 0.254 e. The van der Waals surface area contributed by atoms with Crippen molar-refractivity contribution in [3.05, 3.63) is 46.8 Å². The van der Waals surface area contributed by atoms with Crippen molar-refractivity contribution in [3.63, 3.8) is 0 Å². The molecule has 0 bridgehead atoms. The summed E-state index contributed by atoms with van der Waals surface area (Å²) in [6.07, 6.45) is 3.28. The van der Waals surface area contributed by atoms with Gasteiger partial charge in [-0.15, -0.1) is 0 Å². The zero-order valence-electron chi connectivity index (χ0n) is 10.2. The van der Waals surface area contributed by atoms with Gasteiger partial charge in [-0.05, 0) is 12.1 Å². The number of pyridine rings is 1. The van der Waals surface area contributed by atoms with Crippen molar-refractivity contribution in [2.24, 2.45) is 7.05 Å². The molecule has 2 rings (SSSR count). The molecule has 0 fully saturated rings. The fraction of sp³-hybridized carbons (Fsp3) is 0.250. The third-order valence-corrected chi connectivity index (χ3v) is 2.94. The summed E-state index contributed by atoms with van der Waals surface area (Å²) in [5.41, 5.74) is 1.02. The summed E-state index contributed by atoms with van der Waals surface area (Å²) in [7, 11) is 1.82. The van der Waals surface area contributed by atoms with Crippen molar-refractivity contribution in [3.8, 4) is 0 Å². The first-order chi connectivity index (χ1) is 9.08. The topological polar surface area (TPSA) is 59.8 Å². The number of carbonyl (C=O) groups is 1. The Morgan fingerprint density at radius 3 is 3.05 bits per heavy atom. The number of halogens is 2. The number of carbonyl (C=O) groups excluding carboxylic acids is 1. The van der Waals surface area contributed by atoms with Gasteiger partial charge in [-0.3, -0.25) is 9.48 Å². The number of rotatable bonds is 4. The lowest BCUT2D eigenvalue weighted by Gasteiger charge is -2.06. The average Bonchev–Trinajstić information content (AvgIpc) is 2.78. The molecule has 0 spiro atoms. The van der Waals surface area contributed by atoms with Crippen LogP contribution in [0.4, 0.5) is 4.39 Å². The van der Waals surface area contributed by atoms with Crippen LogP contribution in [0, 0.1) is 5.82 Å². The molecule has 100 valence electrons. The fourth-order valence-corrected chi connectivity index (χ4v) is 1.82. The maximum absolute atomic E-state index is 13.0. The number of hydrogen-bond acceptors (Lipinski definition) is 3. The van der Waals surface area contributed by atoms with Crippen LogP contribution in [-0.2, 0) is 13.5 Å². The molecule has 0 saturated carbocycles. The van der Waals surface area contributed by atoms with Gasteiger partial charge in [0.15, 0.2) is 0 Å². The minimum atomic E-state index is -0.596. The molecule has 0 saturated heterocycles. The summed E-state index contributed by atoms with van der Waals surface area (Å²) >= 11 is 5.74. The predicted molar refractivity (Wildman–Crippen MR) is 68.5 cm³/mol. The number of hydrogen-bond donors (Lipinski definition) is 1. The molecule has 0 unspecified atom stereocenters. The van der Waals surface area contributed by atoms with Gasteiger partial charge in [0.05, 0.1) is 11.8 Å². The SMILES string of the molecule is Cn1nccc1CCNC(=O)c1cc(F)cnc1Cl.